The van der Waals surface area contributed by atoms with Crippen molar-refractivity contribution in [2.24, 2.45) is 5.10 Å². The minimum Gasteiger partial charge on any atom is -0.270 e. The van der Waals surface area contributed by atoms with Gasteiger partial charge in [-0.25, -0.2) is 5.01 Å². The summed E-state index contributed by atoms with van der Waals surface area (Å²) < 4.78 is 0. The second-order valence-corrected chi connectivity index (χ2v) is 6.54. The van der Waals surface area contributed by atoms with E-state index in [4.69, 9.17) is 46.4 Å². The average Bonchev–Trinajstić information content (AvgIpc) is 2.71. The van der Waals surface area contributed by atoms with E-state index in [0.717, 1.165) is 0 Å². The standard InChI is InChI=1S/C14H14Cl4N2O/c1-3-11-14(18,13(21)20(4-2)19-11)12(17)9-6-5-8(15)7-10(9)16/h5-7,12H,3-4H2,1-2H3. The highest BCUT2D eigenvalue weighted by Crippen LogP contribution is 2.46. The predicted molar refractivity (Wildman–Crippen MR) is 88.8 cm³/mol. The minimum atomic E-state index is -1.41. The molecule has 0 aliphatic carbocycles. The van der Waals surface area contributed by atoms with Crippen LogP contribution in [-0.4, -0.2) is 28.0 Å². The fourth-order valence-corrected chi connectivity index (χ4v) is 3.66. The lowest BCUT2D eigenvalue weighted by atomic mass is 9.91. The molecular formula is C14H14Cl4N2O. The first-order valence-corrected chi connectivity index (χ1v) is 8.11. The third kappa shape index (κ3) is 2.77. The molecule has 0 N–H and O–H groups in total. The van der Waals surface area contributed by atoms with Crippen LogP contribution in [0.2, 0.25) is 10.0 Å². The fraction of sp³-hybridized carbons (Fsp3) is 0.429. The van der Waals surface area contributed by atoms with Gasteiger partial charge < -0.3 is 0 Å². The molecule has 0 saturated heterocycles. The Morgan fingerprint density at radius 1 is 1.33 bits per heavy atom. The summed E-state index contributed by atoms with van der Waals surface area (Å²) in [7, 11) is 0. The molecule has 2 rings (SSSR count). The van der Waals surface area contributed by atoms with Crippen molar-refractivity contribution in [1.29, 1.82) is 0 Å². The zero-order chi connectivity index (χ0) is 15.8. The molecule has 3 nitrogen and oxygen atoms in total. The Labute approximate surface area is 143 Å². The molecule has 0 radical (unpaired) electrons. The Bertz CT molecular complexity index is 605. The lowest BCUT2D eigenvalue weighted by molar-refractivity contribution is -0.130. The number of rotatable bonds is 4. The lowest BCUT2D eigenvalue weighted by Gasteiger charge is -2.27. The van der Waals surface area contributed by atoms with E-state index in [1.54, 1.807) is 18.2 Å². The van der Waals surface area contributed by atoms with Crippen LogP contribution < -0.4 is 0 Å². The molecule has 114 valence electrons. The molecule has 1 aromatic carbocycles. The van der Waals surface area contributed by atoms with Gasteiger partial charge in [0.1, 0.15) is 0 Å². The zero-order valence-electron chi connectivity index (χ0n) is 11.5. The molecule has 1 aromatic rings. The molecule has 2 unspecified atom stereocenters. The Kier molecular flexibility index (Phi) is 5.09. The first kappa shape index (κ1) is 16.9. The van der Waals surface area contributed by atoms with Crippen LogP contribution in [0.25, 0.3) is 0 Å². The fourth-order valence-electron chi connectivity index (χ4n) is 2.29. The number of hydrogen-bond donors (Lipinski definition) is 0. The van der Waals surface area contributed by atoms with Crippen molar-refractivity contribution < 1.29 is 4.79 Å². The second kappa shape index (κ2) is 6.33. The van der Waals surface area contributed by atoms with E-state index in [1.165, 1.54) is 5.01 Å². The summed E-state index contributed by atoms with van der Waals surface area (Å²) in [6.45, 7) is 4.15. The van der Waals surface area contributed by atoms with Gasteiger partial charge in [0.05, 0.1) is 11.1 Å². The molecule has 1 amide bonds. The monoisotopic (exact) mass is 366 g/mol. The topological polar surface area (TPSA) is 32.7 Å². The van der Waals surface area contributed by atoms with Gasteiger partial charge in [-0.05, 0) is 31.0 Å². The number of hydrogen-bond acceptors (Lipinski definition) is 2. The summed E-state index contributed by atoms with van der Waals surface area (Å²) in [5.74, 6) is -0.325. The molecule has 0 spiro atoms. The van der Waals surface area contributed by atoms with Crippen molar-refractivity contribution in [2.75, 3.05) is 6.54 Å². The molecule has 0 bridgehead atoms. The number of benzene rings is 1. The summed E-state index contributed by atoms with van der Waals surface area (Å²) in [5, 5.41) is 5.65. The quantitative estimate of drug-likeness (QED) is 0.698. The Balaban J connectivity index is 2.47. The van der Waals surface area contributed by atoms with Gasteiger partial charge >= 0.3 is 0 Å². The summed E-state index contributed by atoms with van der Waals surface area (Å²) in [6, 6.07) is 4.92. The third-order valence-corrected chi connectivity index (χ3v) is 5.26. The van der Waals surface area contributed by atoms with Crippen LogP contribution in [0.4, 0.5) is 0 Å². The maximum Gasteiger partial charge on any atom is 0.271 e. The van der Waals surface area contributed by atoms with Crippen molar-refractivity contribution in [1.82, 2.24) is 5.01 Å². The molecular weight excluding hydrogens is 354 g/mol. The average molecular weight is 368 g/mol. The number of hydrazone groups is 1. The van der Waals surface area contributed by atoms with E-state index in [0.29, 0.717) is 34.3 Å². The van der Waals surface area contributed by atoms with Crippen molar-refractivity contribution in [2.45, 2.75) is 30.5 Å². The number of carbonyl (C=O) groups is 1. The van der Waals surface area contributed by atoms with Crippen LogP contribution in [0.5, 0.6) is 0 Å². The number of carbonyl (C=O) groups excluding carboxylic acids is 1. The zero-order valence-corrected chi connectivity index (χ0v) is 14.6. The van der Waals surface area contributed by atoms with E-state index >= 15 is 0 Å². The summed E-state index contributed by atoms with van der Waals surface area (Å²) in [5.41, 5.74) is 1.10. The highest BCUT2D eigenvalue weighted by atomic mass is 35.5. The van der Waals surface area contributed by atoms with Gasteiger partial charge in [-0.3, -0.25) is 4.79 Å². The molecule has 1 aliphatic rings. The van der Waals surface area contributed by atoms with Gasteiger partial charge in [0.25, 0.3) is 5.91 Å². The molecule has 1 heterocycles. The maximum atomic E-state index is 12.5. The molecule has 2 atom stereocenters. The van der Waals surface area contributed by atoms with E-state index in [-0.39, 0.29) is 5.91 Å². The van der Waals surface area contributed by atoms with Gasteiger partial charge in [-0.2, -0.15) is 5.10 Å². The molecule has 7 heteroatoms. The van der Waals surface area contributed by atoms with Crippen molar-refractivity contribution >= 4 is 58.0 Å². The van der Waals surface area contributed by atoms with Crippen LogP contribution in [0.15, 0.2) is 23.3 Å². The normalized spacial score (nSPS) is 23.4. The number of alkyl halides is 2. The Hall–Kier alpha value is -0.480. The van der Waals surface area contributed by atoms with Crippen LogP contribution in [0.1, 0.15) is 31.2 Å². The van der Waals surface area contributed by atoms with Crippen molar-refractivity contribution in [3.8, 4) is 0 Å². The first-order valence-electron chi connectivity index (χ1n) is 6.54. The van der Waals surface area contributed by atoms with E-state index in [2.05, 4.69) is 5.10 Å². The Morgan fingerprint density at radius 2 is 2.00 bits per heavy atom. The van der Waals surface area contributed by atoms with Crippen molar-refractivity contribution in [3.05, 3.63) is 33.8 Å². The summed E-state index contributed by atoms with van der Waals surface area (Å²) in [6.07, 6.45) is 0.528. The van der Waals surface area contributed by atoms with Gasteiger partial charge in [0.2, 0.25) is 0 Å². The van der Waals surface area contributed by atoms with Gasteiger partial charge in [-0.1, -0.05) is 47.8 Å². The van der Waals surface area contributed by atoms with Crippen LogP contribution in [0, 0.1) is 0 Å². The van der Waals surface area contributed by atoms with E-state index in [9.17, 15) is 4.79 Å². The van der Waals surface area contributed by atoms with E-state index in [1.807, 2.05) is 13.8 Å². The number of amides is 1. The summed E-state index contributed by atoms with van der Waals surface area (Å²) in [4.78, 5) is 11.1. The molecule has 21 heavy (non-hydrogen) atoms. The SMILES string of the molecule is CCC1=NN(CC)C(=O)C1(Cl)C(Cl)c1ccc(Cl)cc1Cl. The largest absolute Gasteiger partial charge is 0.271 e. The highest BCUT2D eigenvalue weighted by molar-refractivity contribution is 6.53. The van der Waals surface area contributed by atoms with Crippen molar-refractivity contribution in [3.63, 3.8) is 0 Å². The highest BCUT2D eigenvalue weighted by Gasteiger charge is 2.54. The van der Waals surface area contributed by atoms with Crippen LogP contribution in [-0.2, 0) is 4.79 Å². The predicted octanol–water partition coefficient (Wildman–Crippen LogP) is 4.88. The third-order valence-electron chi connectivity index (χ3n) is 3.43. The van der Waals surface area contributed by atoms with Gasteiger partial charge in [0.15, 0.2) is 4.87 Å². The first-order chi connectivity index (χ1) is 9.86. The van der Waals surface area contributed by atoms with Gasteiger partial charge in [-0.15, -0.1) is 11.6 Å². The van der Waals surface area contributed by atoms with E-state index < -0.39 is 10.3 Å². The second-order valence-electron chi connectivity index (χ2n) is 4.66. The summed E-state index contributed by atoms with van der Waals surface area (Å²) >= 11 is 25.2. The molecule has 0 saturated carbocycles. The molecule has 0 aromatic heterocycles. The number of halogens is 4. The maximum absolute atomic E-state index is 12.5. The van der Waals surface area contributed by atoms with Crippen LogP contribution >= 0.6 is 46.4 Å². The number of nitrogens with zero attached hydrogens (tertiary/aromatic N) is 2. The Morgan fingerprint density at radius 3 is 2.52 bits per heavy atom. The minimum absolute atomic E-state index is 0.325. The smallest absolute Gasteiger partial charge is 0.270 e. The van der Waals surface area contributed by atoms with Gasteiger partial charge in [0, 0.05) is 16.6 Å². The van der Waals surface area contributed by atoms with Crippen LogP contribution in [0.3, 0.4) is 0 Å². The lowest BCUT2D eigenvalue weighted by Crippen LogP contribution is -2.44. The molecule has 1 aliphatic heterocycles. The molecule has 0 fully saturated rings.